The molecule has 1 aliphatic carbocycles. The highest BCUT2D eigenvalue weighted by Crippen LogP contribution is 2.16. The van der Waals surface area contributed by atoms with Crippen molar-refractivity contribution in [1.29, 1.82) is 0 Å². The summed E-state index contributed by atoms with van der Waals surface area (Å²) in [5.74, 6) is -1.26. The molecular weight excluding hydrogens is 224 g/mol. The standard InChI is InChI=1S/C11H20N2O4/c14-9(10(15)16)6-7-12-11(17)13-8-4-2-1-3-5-8/h8-9,14H,1-7H2,(H,15,16)(H2,12,13,17)/t9-/m0/s1. The molecule has 1 rings (SSSR count). The van der Waals surface area contributed by atoms with Gasteiger partial charge in [-0.1, -0.05) is 19.3 Å². The molecule has 98 valence electrons. The van der Waals surface area contributed by atoms with E-state index in [9.17, 15) is 9.59 Å². The molecule has 0 unspecified atom stereocenters. The van der Waals surface area contributed by atoms with Gasteiger partial charge in [-0.25, -0.2) is 9.59 Å². The van der Waals surface area contributed by atoms with Crippen molar-refractivity contribution in [3.05, 3.63) is 0 Å². The average molecular weight is 244 g/mol. The number of aliphatic hydroxyl groups excluding tert-OH is 1. The number of nitrogens with one attached hydrogen (secondary N) is 2. The molecule has 4 N–H and O–H groups in total. The number of carboxylic acids is 1. The minimum Gasteiger partial charge on any atom is -0.479 e. The fourth-order valence-corrected chi connectivity index (χ4v) is 1.93. The highest BCUT2D eigenvalue weighted by Gasteiger charge is 2.16. The van der Waals surface area contributed by atoms with Gasteiger partial charge in [-0.2, -0.15) is 0 Å². The van der Waals surface area contributed by atoms with Gasteiger partial charge in [-0.3, -0.25) is 0 Å². The van der Waals surface area contributed by atoms with Crippen LogP contribution in [-0.4, -0.2) is 40.9 Å². The van der Waals surface area contributed by atoms with Crippen molar-refractivity contribution >= 4 is 12.0 Å². The monoisotopic (exact) mass is 244 g/mol. The highest BCUT2D eigenvalue weighted by atomic mass is 16.4. The van der Waals surface area contributed by atoms with Gasteiger partial charge in [0, 0.05) is 19.0 Å². The molecule has 0 saturated heterocycles. The Morgan fingerprint density at radius 3 is 2.47 bits per heavy atom. The lowest BCUT2D eigenvalue weighted by Crippen LogP contribution is -2.43. The fourth-order valence-electron chi connectivity index (χ4n) is 1.93. The minimum absolute atomic E-state index is 0.0212. The maximum atomic E-state index is 11.4. The van der Waals surface area contributed by atoms with Crippen molar-refractivity contribution in [2.75, 3.05) is 6.54 Å². The molecule has 1 saturated carbocycles. The Hall–Kier alpha value is -1.30. The van der Waals surface area contributed by atoms with Crippen LogP contribution in [0.1, 0.15) is 38.5 Å². The van der Waals surface area contributed by atoms with Crippen molar-refractivity contribution in [2.24, 2.45) is 0 Å². The first-order valence-corrected chi connectivity index (χ1v) is 6.05. The Balaban J connectivity index is 2.10. The number of urea groups is 1. The number of carbonyl (C=O) groups is 2. The average Bonchev–Trinajstić information content (AvgIpc) is 2.30. The minimum atomic E-state index is -1.41. The second kappa shape index (κ2) is 7.11. The summed E-state index contributed by atoms with van der Waals surface area (Å²) in [6, 6.07) is -0.0531. The van der Waals surface area contributed by atoms with E-state index in [4.69, 9.17) is 10.2 Å². The van der Waals surface area contributed by atoms with Gasteiger partial charge in [-0.05, 0) is 12.8 Å². The first kappa shape index (κ1) is 13.8. The van der Waals surface area contributed by atoms with Gasteiger partial charge in [0.25, 0.3) is 0 Å². The summed E-state index contributed by atoms with van der Waals surface area (Å²) in [6.45, 7) is 0.159. The fraction of sp³-hybridized carbons (Fsp3) is 0.818. The van der Waals surface area contributed by atoms with E-state index in [0.29, 0.717) is 0 Å². The van der Waals surface area contributed by atoms with E-state index in [1.54, 1.807) is 0 Å². The maximum absolute atomic E-state index is 11.4. The van der Waals surface area contributed by atoms with Crippen LogP contribution in [0.2, 0.25) is 0 Å². The summed E-state index contributed by atoms with van der Waals surface area (Å²) in [5.41, 5.74) is 0. The van der Waals surface area contributed by atoms with E-state index in [1.165, 1.54) is 6.42 Å². The first-order valence-electron chi connectivity index (χ1n) is 6.05. The molecule has 1 aliphatic rings. The Kier molecular flexibility index (Phi) is 5.76. The molecular formula is C11H20N2O4. The predicted octanol–water partition coefficient (Wildman–Crippen LogP) is 0.454. The molecule has 6 nitrogen and oxygen atoms in total. The third-order valence-corrected chi connectivity index (χ3v) is 2.93. The number of hydrogen-bond donors (Lipinski definition) is 4. The molecule has 1 atom stereocenters. The van der Waals surface area contributed by atoms with Crippen molar-refractivity contribution in [1.82, 2.24) is 10.6 Å². The number of aliphatic hydroxyl groups is 1. The number of amides is 2. The maximum Gasteiger partial charge on any atom is 0.332 e. The molecule has 0 aromatic carbocycles. The van der Waals surface area contributed by atoms with Crippen LogP contribution < -0.4 is 10.6 Å². The molecule has 2 amide bonds. The molecule has 1 fully saturated rings. The van der Waals surface area contributed by atoms with Gasteiger partial charge in [0.1, 0.15) is 0 Å². The molecule has 0 aromatic heterocycles. The Bertz CT molecular complexity index is 264. The van der Waals surface area contributed by atoms with E-state index in [2.05, 4.69) is 10.6 Å². The van der Waals surface area contributed by atoms with Crippen LogP contribution in [0.3, 0.4) is 0 Å². The van der Waals surface area contributed by atoms with Crippen LogP contribution >= 0.6 is 0 Å². The molecule has 0 bridgehead atoms. The van der Waals surface area contributed by atoms with Crippen LogP contribution in [0, 0.1) is 0 Å². The highest BCUT2D eigenvalue weighted by molar-refractivity contribution is 5.74. The van der Waals surface area contributed by atoms with Crippen LogP contribution in [0.4, 0.5) is 4.79 Å². The summed E-state index contributed by atoms with van der Waals surface area (Å²) < 4.78 is 0. The third kappa shape index (κ3) is 5.53. The van der Waals surface area contributed by atoms with Crippen LogP contribution in [-0.2, 0) is 4.79 Å². The molecule has 0 spiro atoms. The van der Waals surface area contributed by atoms with Gasteiger partial charge < -0.3 is 20.8 Å². The Morgan fingerprint density at radius 1 is 1.24 bits per heavy atom. The van der Waals surface area contributed by atoms with E-state index in [0.717, 1.165) is 25.7 Å². The summed E-state index contributed by atoms with van der Waals surface area (Å²) in [5, 5.41) is 22.8. The number of hydrogen-bond acceptors (Lipinski definition) is 3. The summed E-state index contributed by atoms with van der Waals surface area (Å²) in [7, 11) is 0. The quantitative estimate of drug-likeness (QED) is 0.564. The van der Waals surface area contributed by atoms with Gasteiger partial charge >= 0.3 is 12.0 Å². The molecule has 0 radical (unpaired) electrons. The van der Waals surface area contributed by atoms with Crippen LogP contribution in [0.25, 0.3) is 0 Å². The van der Waals surface area contributed by atoms with Gasteiger partial charge in [0.2, 0.25) is 0 Å². The van der Waals surface area contributed by atoms with Gasteiger partial charge in [-0.15, -0.1) is 0 Å². The van der Waals surface area contributed by atoms with Crippen molar-refractivity contribution in [3.63, 3.8) is 0 Å². The molecule has 0 aromatic rings. The molecule has 17 heavy (non-hydrogen) atoms. The topological polar surface area (TPSA) is 98.7 Å². The van der Waals surface area contributed by atoms with Crippen molar-refractivity contribution in [3.8, 4) is 0 Å². The molecule has 6 heteroatoms. The van der Waals surface area contributed by atoms with E-state index >= 15 is 0 Å². The van der Waals surface area contributed by atoms with Gasteiger partial charge in [0.05, 0.1) is 0 Å². The van der Waals surface area contributed by atoms with Crippen molar-refractivity contribution < 1.29 is 19.8 Å². The zero-order valence-corrected chi connectivity index (χ0v) is 9.82. The number of carboxylic acid groups (broad SMARTS) is 1. The van der Waals surface area contributed by atoms with Crippen LogP contribution in [0.15, 0.2) is 0 Å². The lowest BCUT2D eigenvalue weighted by Gasteiger charge is -2.22. The number of rotatable bonds is 5. The second-order valence-corrected chi connectivity index (χ2v) is 4.38. The number of aliphatic carboxylic acids is 1. The molecule has 0 heterocycles. The summed E-state index contributed by atoms with van der Waals surface area (Å²) >= 11 is 0. The smallest absolute Gasteiger partial charge is 0.332 e. The summed E-state index contributed by atoms with van der Waals surface area (Å²) in [4.78, 5) is 21.7. The normalized spacial score (nSPS) is 18.4. The first-order chi connectivity index (χ1) is 8.09. The van der Waals surface area contributed by atoms with Crippen molar-refractivity contribution in [2.45, 2.75) is 50.7 Å². The van der Waals surface area contributed by atoms with E-state index < -0.39 is 12.1 Å². The van der Waals surface area contributed by atoms with E-state index in [-0.39, 0.29) is 25.0 Å². The van der Waals surface area contributed by atoms with E-state index in [1.807, 2.05) is 0 Å². The third-order valence-electron chi connectivity index (χ3n) is 2.93. The Morgan fingerprint density at radius 2 is 1.88 bits per heavy atom. The summed E-state index contributed by atoms with van der Waals surface area (Å²) in [6.07, 6.45) is 4.13. The lowest BCUT2D eigenvalue weighted by atomic mass is 9.96. The van der Waals surface area contributed by atoms with Crippen LogP contribution in [0.5, 0.6) is 0 Å². The lowest BCUT2D eigenvalue weighted by molar-refractivity contribution is -0.146. The zero-order chi connectivity index (χ0) is 12.7. The SMILES string of the molecule is O=C(NCC[C@H](O)C(=O)O)NC1CCCCC1. The molecule has 0 aliphatic heterocycles. The largest absolute Gasteiger partial charge is 0.479 e. The number of carbonyl (C=O) groups excluding carboxylic acids is 1. The Labute approximate surface area is 100 Å². The zero-order valence-electron chi connectivity index (χ0n) is 9.82. The predicted molar refractivity (Wildman–Crippen MR) is 61.7 cm³/mol. The van der Waals surface area contributed by atoms with Gasteiger partial charge in [0.15, 0.2) is 6.10 Å². The second-order valence-electron chi connectivity index (χ2n) is 4.38.